The standard InChI is InChI=1S/C20H22FNO3/c1-14(15-8-10-17(21)11-9-15)12-18(23)22-13-20(2,19(24)25)16-6-4-3-5-7-16/h3-11,14H,12-13H2,1-2H3,(H,22,23)(H,24,25). The molecule has 0 fully saturated rings. The van der Waals surface area contributed by atoms with E-state index in [9.17, 15) is 19.1 Å². The van der Waals surface area contributed by atoms with E-state index in [1.54, 1.807) is 43.3 Å². The zero-order valence-electron chi connectivity index (χ0n) is 14.3. The van der Waals surface area contributed by atoms with Crippen LogP contribution in [0.3, 0.4) is 0 Å². The second-order valence-electron chi connectivity index (χ2n) is 6.44. The first-order chi connectivity index (χ1) is 11.8. The molecule has 0 aliphatic rings. The van der Waals surface area contributed by atoms with Crippen molar-refractivity contribution in [2.45, 2.75) is 31.6 Å². The Bertz CT molecular complexity index is 730. The van der Waals surface area contributed by atoms with E-state index in [1.807, 2.05) is 13.0 Å². The molecule has 0 saturated heterocycles. The van der Waals surface area contributed by atoms with Crippen molar-refractivity contribution in [2.75, 3.05) is 6.54 Å². The van der Waals surface area contributed by atoms with Crippen LogP contribution in [0, 0.1) is 5.82 Å². The van der Waals surface area contributed by atoms with Gasteiger partial charge in [-0.05, 0) is 36.1 Å². The van der Waals surface area contributed by atoms with Crippen molar-refractivity contribution in [3.05, 3.63) is 71.5 Å². The molecule has 0 bridgehead atoms. The van der Waals surface area contributed by atoms with Crippen LogP contribution in [0.1, 0.15) is 37.3 Å². The van der Waals surface area contributed by atoms with Gasteiger partial charge in [0.05, 0.1) is 0 Å². The Morgan fingerprint density at radius 2 is 1.72 bits per heavy atom. The summed E-state index contributed by atoms with van der Waals surface area (Å²) in [7, 11) is 0. The average Bonchev–Trinajstić information content (AvgIpc) is 2.60. The number of carboxylic acid groups (broad SMARTS) is 1. The van der Waals surface area contributed by atoms with Gasteiger partial charge in [-0.2, -0.15) is 0 Å². The molecule has 2 aromatic rings. The van der Waals surface area contributed by atoms with Gasteiger partial charge in [-0.25, -0.2) is 4.39 Å². The van der Waals surface area contributed by atoms with Crippen molar-refractivity contribution >= 4 is 11.9 Å². The highest BCUT2D eigenvalue weighted by atomic mass is 19.1. The number of nitrogens with one attached hydrogen (secondary N) is 1. The second-order valence-corrected chi connectivity index (χ2v) is 6.44. The molecule has 2 N–H and O–H groups in total. The van der Waals surface area contributed by atoms with Gasteiger partial charge in [0, 0.05) is 13.0 Å². The summed E-state index contributed by atoms with van der Waals surface area (Å²) in [5.74, 6) is -1.64. The van der Waals surface area contributed by atoms with Crippen LogP contribution < -0.4 is 5.32 Å². The van der Waals surface area contributed by atoms with Crippen LogP contribution in [-0.2, 0) is 15.0 Å². The molecule has 2 aromatic carbocycles. The summed E-state index contributed by atoms with van der Waals surface area (Å²) in [6, 6.07) is 14.9. The van der Waals surface area contributed by atoms with Crippen LogP contribution in [0.4, 0.5) is 4.39 Å². The van der Waals surface area contributed by atoms with Gasteiger partial charge in [-0.15, -0.1) is 0 Å². The molecule has 0 spiro atoms. The number of rotatable bonds is 7. The van der Waals surface area contributed by atoms with Gasteiger partial charge in [-0.1, -0.05) is 49.4 Å². The molecule has 0 aromatic heterocycles. The molecule has 2 rings (SSSR count). The SMILES string of the molecule is CC(CC(=O)NCC(C)(C(=O)O)c1ccccc1)c1ccc(F)cc1. The Morgan fingerprint density at radius 3 is 2.28 bits per heavy atom. The molecule has 5 heteroatoms. The first kappa shape index (κ1) is 18.6. The molecule has 0 aliphatic heterocycles. The summed E-state index contributed by atoms with van der Waals surface area (Å²) in [5.41, 5.74) is 0.297. The molecule has 132 valence electrons. The van der Waals surface area contributed by atoms with Crippen molar-refractivity contribution in [2.24, 2.45) is 0 Å². The number of carbonyl (C=O) groups excluding carboxylic acids is 1. The van der Waals surface area contributed by atoms with Crippen molar-refractivity contribution in [1.82, 2.24) is 5.32 Å². The first-order valence-electron chi connectivity index (χ1n) is 8.14. The number of hydrogen-bond acceptors (Lipinski definition) is 2. The minimum atomic E-state index is -1.20. The Labute approximate surface area is 146 Å². The number of carboxylic acids is 1. The van der Waals surface area contributed by atoms with E-state index >= 15 is 0 Å². The molecule has 1 amide bonds. The summed E-state index contributed by atoms with van der Waals surface area (Å²) >= 11 is 0. The Balaban J connectivity index is 1.99. The third kappa shape index (κ3) is 4.66. The third-order valence-electron chi connectivity index (χ3n) is 4.45. The van der Waals surface area contributed by atoms with Crippen LogP contribution in [0.15, 0.2) is 54.6 Å². The Morgan fingerprint density at radius 1 is 1.12 bits per heavy atom. The molecule has 0 saturated carbocycles. The maximum absolute atomic E-state index is 13.0. The Hall–Kier alpha value is -2.69. The maximum atomic E-state index is 13.0. The molecule has 2 atom stereocenters. The van der Waals surface area contributed by atoms with Crippen molar-refractivity contribution < 1.29 is 19.1 Å². The monoisotopic (exact) mass is 343 g/mol. The lowest BCUT2D eigenvalue weighted by atomic mass is 9.82. The lowest BCUT2D eigenvalue weighted by Crippen LogP contribution is -2.44. The van der Waals surface area contributed by atoms with Gasteiger partial charge in [0.15, 0.2) is 0 Å². The minimum absolute atomic E-state index is 0.00131. The van der Waals surface area contributed by atoms with E-state index in [0.717, 1.165) is 5.56 Å². The fourth-order valence-corrected chi connectivity index (χ4v) is 2.64. The van der Waals surface area contributed by atoms with E-state index in [4.69, 9.17) is 0 Å². The fraction of sp³-hybridized carbons (Fsp3) is 0.300. The first-order valence-corrected chi connectivity index (χ1v) is 8.14. The predicted molar refractivity (Wildman–Crippen MR) is 93.9 cm³/mol. The van der Waals surface area contributed by atoms with Crippen LogP contribution in [0.5, 0.6) is 0 Å². The molecule has 0 aliphatic carbocycles. The van der Waals surface area contributed by atoms with Gasteiger partial charge in [0.25, 0.3) is 0 Å². The molecule has 0 radical (unpaired) electrons. The normalized spacial score (nSPS) is 14.4. The number of aliphatic carboxylic acids is 1. The van der Waals surface area contributed by atoms with Gasteiger partial charge in [0.1, 0.15) is 11.2 Å². The van der Waals surface area contributed by atoms with Crippen LogP contribution in [0.25, 0.3) is 0 Å². The lowest BCUT2D eigenvalue weighted by Gasteiger charge is -2.26. The van der Waals surface area contributed by atoms with Gasteiger partial charge in [0.2, 0.25) is 5.91 Å². The van der Waals surface area contributed by atoms with E-state index in [0.29, 0.717) is 5.56 Å². The van der Waals surface area contributed by atoms with E-state index in [-0.39, 0.29) is 30.6 Å². The largest absolute Gasteiger partial charge is 0.481 e. The van der Waals surface area contributed by atoms with Crippen LogP contribution in [0.2, 0.25) is 0 Å². The highest BCUT2D eigenvalue weighted by Crippen LogP contribution is 2.24. The molecular weight excluding hydrogens is 321 g/mol. The summed E-state index contributed by atoms with van der Waals surface area (Å²) in [5, 5.41) is 12.3. The smallest absolute Gasteiger partial charge is 0.315 e. The van der Waals surface area contributed by atoms with E-state index in [2.05, 4.69) is 5.32 Å². The molecule has 0 heterocycles. The summed E-state index contributed by atoms with van der Waals surface area (Å²) in [6.45, 7) is 3.47. The zero-order valence-corrected chi connectivity index (χ0v) is 14.3. The fourth-order valence-electron chi connectivity index (χ4n) is 2.64. The van der Waals surface area contributed by atoms with Crippen molar-refractivity contribution in [1.29, 1.82) is 0 Å². The quantitative estimate of drug-likeness (QED) is 0.809. The highest BCUT2D eigenvalue weighted by molar-refractivity contribution is 5.83. The summed E-state index contributed by atoms with van der Waals surface area (Å²) in [6.07, 6.45) is 0.204. The molecule has 4 nitrogen and oxygen atoms in total. The second kappa shape index (κ2) is 7.92. The summed E-state index contributed by atoms with van der Waals surface area (Å²) in [4.78, 5) is 23.9. The zero-order chi connectivity index (χ0) is 18.4. The molecule has 25 heavy (non-hydrogen) atoms. The average molecular weight is 343 g/mol. The van der Waals surface area contributed by atoms with E-state index < -0.39 is 11.4 Å². The minimum Gasteiger partial charge on any atom is -0.481 e. The van der Waals surface area contributed by atoms with Crippen molar-refractivity contribution in [3.8, 4) is 0 Å². The topological polar surface area (TPSA) is 66.4 Å². The molecular formula is C20H22FNO3. The van der Waals surface area contributed by atoms with Gasteiger partial charge >= 0.3 is 5.97 Å². The molecule has 2 unspecified atom stereocenters. The lowest BCUT2D eigenvalue weighted by molar-refractivity contribution is -0.143. The number of carbonyl (C=O) groups is 2. The maximum Gasteiger partial charge on any atom is 0.315 e. The number of hydrogen-bond donors (Lipinski definition) is 2. The summed E-state index contributed by atoms with van der Waals surface area (Å²) < 4.78 is 13.0. The van der Waals surface area contributed by atoms with Gasteiger partial charge < -0.3 is 10.4 Å². The van der Waals surface area contributed by atoms with E-state index in [1.165, 1.54) is 12.1 Å². The van der Waals surface area contributed by atoms with Crippen LogP contribution in [-0.4, -0.2) is 23.5 Å². The predicted octanol–water partition coefficient (Wildman–Crippen LogP) is 3.48. The van der Waals surface area contributed by atoms with Crippen LogP contribution >= 0.6 is 0 Å². The number of amides is 1. The van der Waals surface area contributed by atoms with Crippen molar-refractivity contribution in [3.63, 3.8) is 0 Å². The number of benzene rings is 2. The highest BCUT2D eigenvalue weighted by Gasteiger charge is 2.35. The van der Waals surface area contributed by atoms with Gasteiger partial charge in [-0.3, -0.25) is 9.59 Å². The third-order valence-corrected chi connectivity index (χ3v) is 4.45. The number of halogens is 1. The Kier molecular flexibility index (Phi) is 5.91.